The summed E-state index contributed by atoms with van der Waals surface area (Å²) in [6.07, 6.45) is 0.214. The number of benzene rings is 1. The lowest BCUT2D eigenvalue weighted by molar-refractivity contribution is -0.135. The van der Waals surface area contributed by atoms with Crippen molar-refractivity contribution in [2.45, 2.75) is 20.3 Å². The van der Waals surface area contributed by atoms with Crippen LogP contribution in [-0.2, 0) is 14.3 Å². The molecule has 8 nitrogen and oxygen atoms in total. The maximum Gasteiger partial charge on any atom is 0.409 e. The van der Waals surface area contributed by atoms with E-state index in [2.05, 4.69) is 5.32 Å². The zero-order valence-corrected chi connectivity index (χ0v) is 16.3. The molecule has 1 N–H and O–H groups in total. The van der Waals surface area contributed by atoms with Crippen LogP contribution in [0.2, 0.25) is 0 Å². The fraction of sp³-hybridized carbons (Fsp3) is 0.550. The Morgan fingerprint density at radius 3 is 2.36 bits per heavy atom. The molecule has 3 amide bonds. The van der Waals surface area contributed by atoms with Crippen molar-refractivity contribution in [3.05, 3.63) is 24.3 Å². The van der Waals surface area contributed by atoms with Crippen molar-refractivity contribution in [2.75, 3.05) is 44.7 Å². The molecule has 0 aromatic heterocycles. The average molecular weight is 389 g/mol. The Morgan fingerprint density at radius 1 is 1.00 bits per heavy atom. The van der Waals surface area contributed by atoms with Crippen LogP contribution in [0.25, 0.3) is 0 Å². The molecule has 1 aliphatic heterocycles. The average Bonchev–Trinajstić information content (AvgIpc) is 3.50. The summed E-state index contributed by atoms with van der Waals surface area (Å²) in [5.74, 6) is -0.145. The first-order valence-corrected chi connectivity index (χ1v) is 9.78. The first-order chi connectivity index (χ1) is 13.5. The van der Waals surface area contributed by atoms with E-state index in [9.17, 15) is 14.4 Å². The van der Waals surface area contributed by atoms with Gasteiger partial charge in [0.2, 0.25) is 11.8 Å². The minimum Gasteiger partial charge on any atom is -0.492 e. The van der Waals surface area contributed by atoms with Gasteiger partial charge in [-0.2, -0.15) is 0 Å². The first kappa shape index (κ1) is 20.0. The summed E-state index contributed by atoms with van der Waals surface area (Å²) in [6.45, 7) is 6.34. The molecule has 1 aromatic carbocycles. The highest BCUT2D eigenvalue weighted by molar-refractivity contribution is 6.00. The zero-order valence-electron chi connectivity index (χ0n) is 16.3. The number of piperazine rings is 1. The monoisotopic (exact) mass is 389 g/mol. The van der Waals surface area contributed by atoms with Crippen LogP contribution < -0.4 is 10.1 Å². The van der Waals surface area contributed by atoms with Gasteiger partial charge < -0.3 is 24.6 Å². The van der Waals surface area contributed by atoms with Crippen molar-refractivity contribution < 1.29 is 23.9 Å². The molecular weight excluding hydrogens is 362 g/mol. The SMILES string of the molecule is CCOC(=O)N1CCN(C(=O)C2CC2C(=O)Nc2ccccc2OCC)CC1. The quantitative estimate of drug-likeness (QED) is 0.804. The fourth-order valence-corrected chi connectivity index (χ4v) is 3.39. The van der Waals surface area contributed by atoms with Crippen molar-refractivity contribution >= 4 is 23.6 Å². The van der Waals surface area contributed by atoms with E-state index in [-0.39, 0.29) is 29.7 Å². The normalized spacial score (nSPS) is 21.1. The van der Waals surface area contributed by atoms with Crippen LogP contribution in [0.5, 0.6) is 5.75 Å². The van der Waals surface area contributed by atoms with Crippen molar-refractivity contribution in [1.29, 1.82) is 0 Å². The van der Waals surface area contributed by atoms with Gasteiger partial charge >= 0.3 is 6.09 Å². The van der Waals surface area contributed by atoms with Gasteiger partial charge in [-0.05, 0) is 32.4 Å². The molecule has 1 aliphatic carbocycles. The third kappa shape index (κ3) is 4.55. The van der Waals surface area contributed by atoms with Gasteiger partial charge in [-0.25, -0.2) is 4.79 Å². The summed E-state index contributed by atoms with van der Waals surface area (Å²) >= 11 is 0. The number of rotatable bonds is 6. The minimum atomic E-state index is -0.341. The Kier molecular flexibility index (Phi) is 6.38. The first-order valence-electron chi connectivity index (χ1n) is 9.78. The van der Waals surface area contributed by atoms with E-state index in [0.717, 1.165) is 0 Å². The number of ether oxygens (including phenoxy) is 2. The zero-order chi connectivity index (χ0) is 20.1. The van der Waals surface area contributed by atoms with Crippen molar-refractivity contribution in [1.82, 2.24) is 9.80 Å². The van der Waals surface area contributed by atoms with Gasteiger partial charge in [0.05, 0.1) is 30.7 Å². The van der Waals surface area contributed by atoms with Gasteiger partial charge in [-0.15, -0.1) is 0 Å². The van der Waals surface area contributed by atoms with Crippen LogP contribution in [-0.4, -0.2) is 67.1 Å². The molecular formula is C20H27N3O5. The summed E-state index contributed by atoms with van der Waals surface area (Å²) < 4.78 is 10.5. The number of hydrogen-bond donors (Lipinski definition) is 1. The molecule has 1 aromatic rings. The molecule has 1 saturated heterocycles. The van der Waals surface area contributed by atoms with Crippen LogP contribution in [0.4, 0.5) is 10.5 Å². The van der Waals surface area contributed by atoms with E-state index in [1.807, 2.05) is 19.1 Å². The topological polar surface area (TPSA) is 88.2 Å². The Hall–Kier alpha value is -2.77. The predicted octanol–water partition coefficient (Wildman–Crippen LogP) is 1.96. The van der Waals surface area contributed by atoms with Gasteiger partial charge in [0.1, 0.15) is 5.75 Å². The summed E-state index contributed by atoms with van der Waals surface area (Å²) in [7, 11) is 0. The number of nitrogens with one attached hydrogen (secondary N) is 1. The maximum absolute atomic E-state index is 12.7. The highest BCUT2D eigenvalue weighted by Gasteiger charge is 2.50. The van der Waals surface area contributed by atoms with Crippen molar-refractivity contribution in [2.24, 2.45) is 11.8 Å². The lowest BCUT2D eigenvalue weighted by Crippen LogP contribution is -2.51. The third-order valence-corrected chi connectivity index (χ3v) is 5.01. The van der Waals surface area contributed by atoms with Crippen LogP contribution in [0.15, 0.2) is 24.3 Å². The largest absolute Gasteiger partial charge is 0.492 e. The molecule has 2 aliphatic rings. The Morgan fingerprint density at radius 2 is 1.68 bits per heavy atom. The summed E-state index contributed by atoms with van der Waals surface area (Å²) in [6, 6.07) is 7.27. The van der Waals surface area contributed by atoms with Crippen molar-refractivity contribution in [3.8, 4) is 5.75 Å². The van der Waals surface area contributed by atoms with Gasteiger partial charge in [-0.1, -0.05) is 12.1 Å². The predicted molar refractivity (Wildman–Crippen MR) is 103 cm³/mol. The second kappa shape index (κ2) is 8.95. The van der Waals surface area contributed by atoms with E-state index < -0.39 is 0 Å². The van der Waals surface area contributed by atoms with Gasteiger partial charge in [-0.3, -0.25) is 9.59 Å². The number of amides is 3. The Balaban J connectivity index is 1.49. The number of para-hydroxylation sites is 2. The maximum atomic E-state index is 12.7. The molecule has 0 radical (unpaired) electrons. The molecule has 1 heterocycles. The number of hydrogen-bond acceptors (Lipinski definition) is 5. The van der Waals surface area contributed by atoms with Gasteiger partial charge in [0.25, 0.3) is 0 Å². The van der Waals surface area contributed by atoms with Gasteiger partial charge in [0, 0.05) is 26.2 Å². The molecule has 8 heteroatoms. The highest BCUT2D eigenvalue weighted by atomic mass is 16.6. The smallest absolute Gasteiger partial charge is 0.409 e. The van der Waals surface area contributed by atoms with E-state index in [1.165, 1.54) is 0 Å². The number of nitrogens with zero attached hydrogens (tertiary/aromatic N) is 2. The lowest BCUT2D eigenvalue weighted by Gasteiger charge is -2.34. The molecule has 2 atom stereocenters. The summed E-state index contributed by atoms with van der Waals surface area (Å²) in [5, 5.41) is 2.88. The minimum absolute atomic E-state index is 0.0123. The lowest BCUT2D eigenvalue weighted by atomic mass is 10.2. The Labute approximate surface area is 164 Å². The molecule has 152 valence electrons. The number of carbonyl (C=O) groups is 3. The standard InChI is InChI=1S/C20H27N3O5/c1-3-27-17-8-6-5-7-16(17)21-18(24)14-13-15(14)19(25)22-9-11-23(12-10-22)20(26)28-4-2/h5-8,14-15H,3-4,9-13H2,1-2H3,(H,21,24). The molecule has 2 unspecified atom stereocenters. The van der Waals surface area contributed by atoms with Crippen LogP contribution >= 0.6 is 0 Å². The molecule has 0 spiro atoms. The molecule has 1 saturated carbocycles. The van der Waals surface area contributed by atoms with E-state index in [0.29, 0.717) is 57.3 Å². The molecule has 0 bridgehead atoms. The summed E-state index contributed by atoms with van der Waals surface area (Å²) in [5.41, 5.74) is 0.621. The van der Waals surface area contributed by atoms with Crippen molar-refractivity contribution in [3.63, 3.8) is 0 Å². The fourth-order valence-electron chi connectivity index (χ4n) is 3.39. The van der Waals surface area contributed by atoms with Gasteiger partial charge in [0.15, 0.2) is 0 Å². The molecule has 28 heavy (non-hydrogen) atoms. The van der Waals surface area contributed by atoms with E-state index in [4.69, 9.17) is 9.47 Å². The summed E-state index contributed by atoms with van der Waals surface area (Å²) in [4.78, 5) is 40.3. The highest BCUT2D eigenvalue weighted by Crippen LogP contribution is 2.41. The van der Waals surface area contributed by atoms with Crippen LogP contribution in [0, 0.1) is 11.8 Å². The van der Waals surface area contributed by atoms with E-state index in [1.54, 1.807) is 28.9 Å². The van der Waals surface area contributed by atoms with E-state index >= 15 is 0 Å². The Bertz CT molecular complexity index is 730. The number of carbonyl (C=O) groups excluding carboxylic acids is 3. The van der Waals surface area contributed by atoms with Crippen LogP contribution in [0.1, 0.15) is 20.3 Å². The van der Waals surface area contributed by atoms with Crippen LogP contribution in [0.3, 0.4) is 0 Å². The molecule has 2 fully saturated rings. The second-order valence-corrected chi connectivity index (χ2v) is 6.88. The second-order valence-electron chi connectivity index (χ2n) is 6.88. The molecule has 3 rings (SSSR count). The third-order valence-electron chi connectivity index (χ3n) is 5.01. The number of anilines is 1.